The van der Waals surface area contributed by atoms with Crippen LogP contribution >= 0.6 is 0 Å². The van der Waals surface area contributed by atoms with Crippen LogP contribution in [0.15, 0.2) is 66.7 Å². The highest BCUT2D eigenvalue weighted by Gasteiger charge is 2.23. The maximum atomic E-state index is 11.4. The van der Waals surface area contributed by atoms with E-state index in [1.54, 1.807) is 4.57 Å². The van der Waals surface area contributed by atoms with E-state index in [-0.39, 0.29) is 11.4 Å². The quantitative estimate of drug-likeness (QED) is 0.277. The summed E-state index contributed by atoms with van der Waals surface area (Å²) in [6.45, 7) is 2.05. The lowest BCUT2D eigenvalue weighted by atomic mass is 10.1. The van der Waals surface area contributed by atoms with Gasteiger partial charge in [-0.1, -0.05) is 31.2 Å². The second kappa shape index (κ2) is 7.75. The highest BCUT2D eigenvalue weighted by molar-refractivity contribution is 5.86. The molecule has 0 saturated heterocycles. The normalized spacial score (nSPS) is 11.2. The lowest BCUT2D eigenvalue weighted by Crippen LogP contribution is -2.01. The maximum Gasteiger partial charge on any atom is 0.277 e. The Hall–Kier alpha value is -4.73. The van der Waals surface area contributed by atoms with Crippen LogP contribution < -0.4 is 0 Å². The van der Waals surface area contributed by atoms with E-state index in [2.05, 4.69) is 9.97 Å². The first kappa shape index (κ1) is 20.2. The maximum absolute atomic E-state index is 11.4. The molecule has 10 heteroatoms. The van der Waals surface area contributed by atoms with Gasteiger partial charge in [-0.05, 0) is 36.2 Å². The fourth-order valence-corrected chi connectivity index (χ4v) is 3.71. The van der Waals surface area contributed by atoms with Crippen molar-refractivity contribution in [1.82, 2.24) is 19.5 Å². The first-order valence-electron chi connectivity index (χ1n) is 10.1. The molecule has 3 aromatic carbocycles. The van der Waals surface area contributed by atoms with Crippen LogP contribution in [0.3, 0.4) is 0 Å². The number of aryl methyl sites for hydroxylation is 1. The number of nitrogens with zero attached hydrogens (tertiary/aromatic N) is 6. The topological polar surface area (TPSA) is 130 Å². The zero-order valence-electron chi connectivity index (χ0n) is 17.4. The first-order valence-corrected chi connectivity index (χ1v) is 10.1. The van der Waals surface area contributed by atoms with Crippen LogP contribution in [0.2, 0.25) is 0 Å². The molecule has 0 N–H and O–H groups in total. The van der Waals surface area contributed by atoms with Crippen molar-refractivity contribution in [1.29, 1.82) is 0 Å². The van der Waals surface area contributed by atoms with Gasteiger partial charge in [-0.2, -0.15) is 0 Å². The van der Waals surface area contributed by atoms with Crippen LogP contribution in [0, 0.1) is 20.2 Å². The summed E-state index contributed by atoms with van der Waals surface area (Å²) in [6.07, 6.45) is 0.860. The van der Waals surface area contributed by atoms with Crippen LogP contribution in [0.4, 0.5) is 11.4 Å². The average Bonchev–Trinajstić information content (AvgIpc) is 3.20. The molecular weight excluding hydrogens is 424 g/mol. The van der Waals surface area contributed by atoms with Crippen LogP contribution in [-0.2, 0) is 6.42 Å². The Bertz CT molecular complexity index is 1530. The van der Waals surface area contributed by atoms with Gasteiger partial charge in [-0.15, -0.1) is 0 Å². The molecule has 2 aromatic heterocycles. The summed E-state index contributed by atoms with van der Waals surface area (Å²) in [5.41, 5.74) is 3.35. The van der Waals surface area contributed by atoms with E-state index in [9.17, 15) is 20.2 Å². The second-order valence-corrected chi connectivity index (χ2v) is 7.40. The van der Waals surface area contributed by atoms with Crippen molar-refractivity contribution in [2.45, 2.75) is 13.3 Å². The summed E-state index contributed by atoms with van der Waals surface area (Å²) in [5, 5.41) is 22.9. The summed E-state index contributed by atoms with van der Waals surface area (Å²) in [6, 6.07) is 18.5. The smallest absolute Gasteiger partial charge is 0.275 e. The van der Waals surface area contributed by atoms with Gasteiger partial charge < -0.3 is 0 Å². The number of rotatable bonds is 5. The first-order chi connectivity index (χ1) is 15.9. The molecule has 0 aliphatic heterocycles. The molecule has 5 rings (SSSR count). The minimum Gasteiger partial charge on any atom is -0.275 e. The van der Waals surface area contributed by atoms with Crippen molar-refractivity contribution < 1.29 is 9.85 Å². The van der Waals surface area contributed by atoms with E-state index in [4.69, 9.17) is 4.98 Å². The molecule has 162 valence electrons. The Kier molecular flexibility index (Phi) is 4.74. The third-order valence-corrected chi connectivity index (χ3v) is 5.36. The van der Waals surface area contributed by atoms with Gasteiger partial charge in [0.25, 0.3) is 11.4 Å². The second-order valence-electron chi connectivity index (χ2n) is 7.40. The van der Waals surface area contributed by atoms with E-state index in [0.717, 1.165) is 18.1 Å². The summed E-state index contributed by atoms with van der Waals surface area (Å²) < 4.78 is 1.72. The lowest BCUT2D eigenvalue weighted by Gasteiger charge is -2.10. The molecule has 33 heavy (non-hydrogen) atoms. The van der Waals surface area contributed by atoms with Crippen LogP contribution in [-0.4, -0.2) is 29.4 Å². The van der Waals surface area contributed by atoms with Gasteiger partial charge in [0.15, 0.2) is 11.3 Å². The molecule has 0 aliphatic carbocycles. The number of fused-ring (bicyclic) bond motifs is 2. The number of nitro groups is 2. The number of hydrogen-bond donors (Lipinski definition) is 0. The third-order valence-electron chi connectivity index (χ3n) is 5.36. The monoisotopic (exact) mass is 440 g/mol. The van der Waals surface area contributed by atoms with Gasteiger partial charge in [-0.25, -0.2) is 15.0 Å². The van der Waals surface area contributed by atoms with Crippen LogP contribution in [0.5, 0.6) is 0 Å². The van der Waals surface area contributed by atoms with Crippen molar-refractivity contribution in [2.24, 2.45) is 0 Å². The molecule has 0 unspecified atom stereocenters. The van der Waals surface area contributed by atoms with Gasteiger partial charge in [0, 0.05) is 23.4 Å². The van der Waals surface area contributed by atoms with E-state index in [1.807, 2.05) is 55.5 Å². The molecule has 0 saturated carbocycles. The Morgan fingerprint density at radius 3 is 2.00 bits per heavy atom. The van der Waals surface area contributed by atoms with Crippen LogP contribution in [0.25, 0.3) is 39.4 Å². The molecule has 0 spiro atoms. The molecule has 0 atom stereocenters. The molecule has 0 aliphatic rings. The van der Waals surface area contributed by atoms with E-state index >= 15 is 0 Å². The van der Waals surface area contributed by atoms with Gasteiger partial charge in [0.2, 0.25) is 0 Å². The summed E-state index contributed by atoms with van der Waals surface area (Å²) in [4.78, 5) is 35.5. The Morgan fingerprint density at radius 2 is 1.42 bits per heavy atom. The number of hydrogen-bond acceptors (Lipinski definition) is 7. The number of non-ortho nitro benzene ring substituents is 2. The zero-order chi connectivity index (χ0) is 23.1. The number of para-hydroxylation sites is 2. The SMILES string of the molecule is CCc1ccc(-n2c(-c3cc([N+](=O)[O-])cc([N+](=O)[O-])c3)nc3nc4ccccc4nc32)cc1. The summed E-state index contributed by atoms with van der Waals surface area (Å²) >= 11 is 0. The van der Waals surface area contributed by atoms with Gasteiger partial charge >= 0.3 is 0 Å². The van der Waals surface area contributed by atoms with E-state index in [1.165, 1.54) is 12.1 Å². The molecule has 0 amide bonds. The minimum absolute atomic E-state index is 0.222. The summed E-state index contributed by atoms with van der Waals surface area (Å²) in [7, 11) is 0. The Balaban J connectivity index is 1.85. The third kappa shape index (κ3) is 3.53. The van der Waals surface area contributed by atoms with Crippen molar-refractivity contribution >= 4 is 33.7 Å². The Morgan fingerprint density at radius 1 is 0.818 bits per heavy atom. The predicted octanol–water partition coefficient (Wildman–Crippen LogP) is 5.01. The fourth-order valence-electron chi connectivity index (χ4n) is 3.71. The molecule has 10 nitrogen and oxygen atoms in total. The van der Waals surface area contributed by atoms with Crippen molar-refractivity contribution in [3.8, 4) is 17.1 Å². The van der Waals surface area contributed by atoms with Crippen molar-refractivity contribution in [3.63, 3.8) is 0 Å². The molecular formula is C23H16N6O4. The standard InChI is InChI=1S/C23H16N6O4/c1-2-14-7-9-16(10-8-14)27-22(15-11-17(28(30)31)13-18(12-15)29(32)33)26-21-23(27)25-20-6-4-3-5-19(20)24-21/h3-13H,2H2,1H3. The Labute approximate surface area is 186 Å². The highest BCUT2D eigenvalue weighted by Crippen LogP contribution is 2.33. The average molecular weight is 440 g/mol. The van der Waals surface area contributed by atoms with Crippen LogP contribution in [0.1, 0.15) is 12.5 Å². The molecule has 5 aromatic rings. The number of imidazole rings is 1. The molecule has 2 heterocycles. The predicted molar refractivity (Wildman–Crippen MR) is 122 cm³/mol. The summed E-state index contributed by atoms with van der Waals surface area (Å²) in [5.74, 6) is 0.274. The van der Waals surface area contributed by atoms with Crippen molar-refractivity contribution in [2.75, 3.05) is 0 Å². The number of benzene rings is 3. The van der Waals surface area contributed by atoms with Gasteiger partial charge in [0.1, 0.15) is 5.82 Å². The molecule has 0 fully saturated rings. The largest absolute Gasteiger partial charge is 0.277 e. The molecule has 0 bridgehead atoms. The van der Waals surface area contributed by atoms with E-state index in [0.29, 0.717) is 28.0 Å². The molecule has 0 radical (unpaired) electrons. The highest BCUT2D eigenvalue weighted by atomic mass is 16.6. The minimum atomic E-state index is -0.662. The fraction of sp³-hybridized carbons (Fsp3) is 0.0870. The zero-order valence-corrected chi connectivity index (χ0v) is 17.4. The lowest BCUT2D eigenvalue weighted by molar-refractivity contribution is -0.394. The number of nitro benzene ring substituents is 2. The van der Waals surface area contributed by atoms with Gasteiger partial charge in [0.05, 0.1) is 26.9 Å². The van der Waals surface area contributed by atoms with Gasteiger partial charge in [-0.3, -0.25) is 24.8 Å². The number of aromatic nitrogens is 4. The van der Waals surface area contributed by atoms with E-state index < -0.39 is 21.2 Å². The van der Waals surface area contributed by atoms with Crippen molar-refractivity contribution in [3.05, 3.63) is 92.5 Å².